The highest BCUT2D eigenvalue weighted by Crippen LogP contribution is 2.31. The minimum atomic E-state index is -4.46. The Morgan fingerprint density at radius 1 is 1.09 bits per heavy atom. The number of carbonyl (C=O) groups excluding carboxylic acids is 1. The maximum absolute atomic E-state index is 13.3. The zero-order valence-electron chi connectivity index (χ0n) is 23.1. The second kappa shape index (κ2) is 13.0. The summed E-state index contributed by atoms with van der Waals surface area (Å²) in [6.07, 6.45) is 0.126. The summed E-state index contributed by atoms with van der Waals surface area (Å²) in [4.78, 5) is 22.5. The number of benzene rings is 2. The molecule has 43 heavy (non-hydrogen) atoms. The zero-order valence-corrected chi connectivity index (χ0v) is 24.0. The van der Waals surface area contributed by atoms with Gasteiger partial charge in [-0.05, 0) is 85.5 Å². The number of hydrogen-bond acceptors (Lipinski definition) is 5. The summed E-state index contributed by atoms with van der Waals surface area (Å²) in [5, 5.41) is 6.23. The highest BCUT2D eigenvalue weighted by Gasteiger charge is 2.35. The number of amides is 1. The van der Waals surface area contributed by atoms with E-state index in [0.29, 0.717) is 46.9 Å². The molecule has 0 aliphatic carbocycles. The predicted molar refractivity (Wildman–Crippen MR) is 155 cm³/mol. The molecule has 1 fully saturated rings. The summed E-state index contributed by atoms with van der Waals surface area (Å²) in [6.45, 7) is 2.50. The summed E-state index contributed by atoms with van der Waals surface area (Å²) in [5.74, 6) is -0.273. The summed E-state index contributed by atoms with van der Waals surface area (Å²) >= 11 is 0. The van der Waals surface area contributed by atoms with E-state index >= 15 is 0 Å². The van der Waals surface area contributed by atoms with Gasteiger partial charge in [-0.1, -0.05) is 18.2 Å². The fraction of sp³-hybridized carbons (Fsp3) is 0.258. The first-order chi connectivity index (χ1) is 20.6. The lowest BCUT2D eigenvalue weighted by atomic mass is 10.1. The van der Waals surface area contributed by atoms with E-state index in [1.54, 1.807) is 28.8 Å². The molecule has 3 unspecified atom stereocenters. The molecule has 4 aromatic rings. The van der Waals surface area contributed by atoms with Crippen LogP contribution >= 0.6 is 0 Å². The van der Waals surface area contributed by atoms with Crippen LogP contribution in [0.25, 0.3) is 11.3 Å². The van der Waals surface area contributed by atoms with Crippen LogP contribution in [0.4, 0.5) is 23.4 Å². The highest BCUT2D eigenvalue weighted by atomic mass is 32.2. The van der Waals surface area contributed by atoms with Crippen molar-refractivity contribution in [3.63, 3.8) is 0 Å². The number of pyridine rings is 2. The number of aromatic nitrogens is 2. The van der Waals surface area contributed by atoms with Crippen molar-refractivity contribution in [3.05, 3.63) is 108 Å². The van der Waals surface area contributed by atoms with Crippen LogP contribution in [0.5, 0.6) is 0 Å². The molecule has 2 aromatic heterocycles. The van der Waals surface area contributed by atoms with Crippen molar-refractivity contribution in [1.29, 1.82) is 0 Å². The smallest absolute Gasteiger partial charge is 0.363 e. The van der Waals surface area contributed by atoms with E-state index in [2.05, 4.69) is 20.6 Å². The molecular weight excluding hydrogens is 582 g/mol. The second-order valence-corrected chi connectivity index (χ2v) is 11.6. The van der Waals surface area contributed by atoms with E-state index in [9.17, 15) is 26.6 Å². The minimum absolute atomic E-state index is 0.110. The van der Waals surface area contributed by atoms with Crippen molar-refractivity contribution in [2.75, 3.05) is 11.9 Å². The van der Waals surface area contributed by atoms with Crippen molar-refractivity contribution in [2.24, 2.45) is 0 Å². The third-order valence-corrected chi connectivity index (χ3v) is 8.68. The van der Waals surface area contributed by atoms with Crippen LogP contribution in [0.15, 0.2) is 90.1 Å². The van der Waals surface area contributed by atoms with Crippen LogP contribution in [0.3, 0.4) is 0 Å². The van der Waals surface area contributed by atoms with Crippen molar-refractivity contribution < 1.29 is 26.6 Å². The van der Waals surface area contributed by atoms with E-state index in [1.807, 2.05) is 19.1 Å². The molecule has 0 spiro atoms. The van der Waals surface area contributed by atoms with Crippen LogP contribution in [-0.4, -0.2) is 37.0 Å². The van der Waals surface area contributed by atoms with Gasteiger partial charge in [0.1, 0.15) is 28.7 Å². The maximum atomic E-state index is 13.3. The third-order valence-electron chi connectivity index (χ3n) is 7.14. The molecule has 0 bridgehead atoms. The van der Waals surface area contributed by atoms with Gasteiger partial charge in [0.15, 0.2) is 0 Å². The molecule has 7 nitrogen and oxygen atoms in total. The van der Waals surface area contributed by atoms with Gasteiger partial charge in [0.2, 0.25) is 5.91 Å². The Kier molecular flexibility index (Phi) is 9.16. The Morgan fingerprint density at radius 3 is 2.51 bits per heavy atom. The first-order valence-electron chi connectivity index (χ1n) is 13.7. The Labute approximate surface area is 249 Å². The van der Waals surface area contributed by atoms with Crippen LogP contribution in [0.1, 0.15) is 42.5 Å². The topological polar surface area (TPSA) is 87.2 Å². The van der Waals surface area contributed by atoms with Gasteiger partial charge in [0.05, 0.1) is 22.2 Å². The number of anilines is 1. The van der Waals surface area contributed by atoms with E-state index in [0.717, 1.165) is 17.7 Å². The second-order valence-electron chi connectivity index (χ2n) is 10.2. The van der Waals surface area contributed by atoms with Crippen molar-refractivity contribution in [1.82, 2.24) is 19.6 Å². The summed E-state index contributed by atoms with van der Waals surface area (Å²) < 4.78 is 67.5. The lowest BCUT2D eigenvalue weighted by molar-refractivity contribution is -0.137. The van der Waals surface area contributed by atoms with Crippen LogP contribution in [0.2, 0.25) is 0 Å². The zero-order chi connectivity index (χ0) is 30.6. The molecule has 1 aliphatic heterocycles. The summed E-state index contributed by atoms with van der Waals surface area (Å²) in [7, 11) is -1.63. The number of nitrogens with zero attached hydrogens (tertiary/aromatic N) is 3. The Hall–Kier alpha value is -4.16. The van der Waals surface area contributed by atoms with Gasteiger partial charge in [-0.25, -0.2) is 17.9 Å². The number of halogens is 4. The molecule has 2 aromatic carbocycles. The third kappa shape index (κ3) is 7.44. The van der Waals surface area contributed by atoms with Gasteiger partial charge in [-0.2, -0.15) is 13.2 Å². The molecule has 1 amide bonds. The van der Waals surface area contributed by atoms with E-state index < -0.39 is 34.6 Å². The largest absolute Gasteiger partial charge is 0.416 e. The molecule has 5 rings (SSSR count). The maximum Gasteiger partial charge on any atom is 0.416 e. The fourth-order valence-electron chi connectivity index (χ4n) is 4.87. The Balaban J connectivity index is 1.36. The quantitative estimate of drug-likeness (QED) is 0.218. The summed E-state index contributed by atoms with van der Waals surface area (Å²) in [6, 6.07) is 16.5. The molecule has 2 N–H and O–H groups in total. The van der Waals surface area contributed by atoms with Gasteiger partial charge in [0.25, 0.3) is 0 Å². The highest BCUT2D eigenvalue weighted by molar-refractivity contribution is 7.82. The van der Waals surface area contributed by atoms with Gasteiger partial charge >= 0.3 is 6.18 Å². The monoisotopic (exact) mass is 611 g/mol. The molecule has 224 valence electrons. The molecule has 1 aliphatic rings. The van der Waals surface area contributed by atoms with E-state index in [4.69, 9.17) is 0 Å². The molecular formula is C31H29F4N5O2S. The van der Waals surface area contributed by atoms with Gasteiger partial charge in [0, 0.05) is 31.0 Å². The van der Waals surface area contributed by atoms with E-state index in [-0.39, 0.29) is 18.5 Å². The summed E-state index contributed by atoms with van der Waals surface area (Å²) in [5.41, 5.74) is 1.73. The Morgan fingerprint density at radius 2 is 1.84 bits per heavy atom. The number of rotatable bonds is 9. The molecule has 1 saturated heterocycles. The normalized spacial score (nSPS) is 16.9. The number of carbonyl (C=O) groups is 1. The van der Waals surface area contributed by atoms with Gasteiger partial charge in [-0.3, -0.25) is 9.78 Å². The molecule has 0 saturated carbocycles. The van der Waals surface area contributed by atoms with Crippen molar-refractivity contribution in [3.8, 4) is 11.3 Å². The first kappa shape index (κ1) is 30.3. The molecule has 12 heteroatoms. The lowest BCUT2D eigenvalue weighted by Crippen LogP contribution is -2.43. The van der Waals surface area contributed by atoms with Crippen LogP contribution in [0, 0.1) is 5.82 Å². The minimum Gasteiger partial charge on any atom is -0.363 e. The van der Waals surface area contributed by atoms with Gasteiger partial charge in [-0.15, -0.1) is 0 Å². The molecule has 0 radical (unpaired) electrons. The van der Waals surface area contributed by atoms with Crippen LogP contribution < -0.4 is 10.6 Å². The molecule has 3 atom stereocenters. The van der Waals surface area contributed by atoms with Crippen molar-refractivity contribution in [2.45, 2.75) is 49.5 Å². The fourth-order valence-corrected chi connectivity index (χ4v) is 6.24. The number of alkyl halides is 3. The standard InChI is InChI=1S/C31H29F4N5O2S/c1-20(23-4-2-14-36-19-23)38-29-17-21(16-27(39-29)22-6-8-24(9-7-22)31(33,34)35)18-37-30(41)28-5-3-15-40(28)43(42)26-12-10-25(32)11-13-26/h2,4,6-14,16-17,19-20,28H,3,5,15,18H2,1H3,(H,37,41)(H,38,39). The first-order valence-corrected chi connectivity index (χ1v) is 14.8. The van der Waals surface area contributed by atoms with Gasteiger partial charge < -0.3 is 10.6 Å². The average molecular weight is 612 g/mol. The van der Waals surface area contributed by atoms with Crippen molar-refractivity contribution >= 4 is 22.7 Å². The number of hydrogen-bond donors (Lipinski definition) is 2. The molecule has 3 heterocycles. The predicted octanol–water partition coefficient (Wildman–Crippen LogP) is 6.28. The number of nitrogens with one attached hydrogen (secondary N) is 2. The average Bonchev–Trinajstić information content (AvgIpc) is 3.50. The SMILES string of the molecule is CC(Nc1cc(CNC(=O)C2CCCN2S(=O)c2ccc(F)cc2)cc(-c2ccc(C(F)(F)F)cc2)n1)c1cccnc1. The Bertz CT molecular complexity index is 1590. The van der Waals surface area contributed by atoms with Crippen LogP contribution in [-0.2, 0) is 28.5 Å². The van der Waals surface area contributed by atoms with E-state index in [1.165, 1.54) is 36.4 Å². The lowest BCUT2D eigenvalue weighted by Gasteiger charge is -2.23.